The van der Waals surface area contributed by atoms with Crippen molar-refractivity contribution in [2.75, 3.05) is 6.54 Å². The van der Waals surface area contributed by atoms with E-state index in [-0.39, 0.29) is 5.91 Å². The molecule has 4 heteroatoms. The lowest BCUT2D eigenvalue weighted by atomic mass is 10.1. The minimum absolute atomic E-state index is 0.0357. The van der Waals surface area contributed by atoms with Crippen molar-refractivity contribution >= 4 is 40.3 Å². The van der Waals surface area contributed by atoms with Crippen LogP contribution in [-0.4, -0.2) is 21.7 Å². The van der Waals surface area contributed by atoms with Crippen LogP contribution in [0.2, 0.25) is 0 Å². The molecule has 0 N–H and O–H groups in total. The monoisotopic (exact) mass is 275 g/mol. The first-order valence-corrected chi connectivity index (χ1v) is 6.77. The van der Waals surface area contributed by atoms with Crippen LogP contribution in [0, 0.1) is 6.92 Å². The summed E-state index contributed by atoms with van der Waals surface area (Å²) in [5.74, 6) is -0.0357. The van der Waals surface area contributed by atoms with Gasteiger partial charge in [0.05, 0.1) is 4.91 Å². The molecular weight excluding hydrogens is 262 g/mol. The second kappa shape index (κ2) is 5.50. The molecule has 1 aliphatic rings. The maximum Gasteiger partial charge on any atom is 0.266 e. The van der Waals surface area contributed by atoms with Crippen LogP contribution < -0.4 is 0 Å². The quantitative estimate of drug-likeness (QED) is 0.479. The highest BCUT2D eigenvalue weighted by molar-refractivity contribution is 8.26. The molecule has 2 nitrogen and oxygen atoms in total. The number of amides is 1. The Morgan fingerprint density at radius 2 is 2.28 bits per heavy atom. The molecule has 1 aliphatic heterocycles. The summed E-state index contributed by atoms with van der Waals surface area (Å²) in [6.45, 7) is 6.13. The topological polar surface area (TPSA) is 20.3 Å². The molecule has 0 aromatic heterocycles. The maximum absolute atomic E-state index is 12.1. The summed E-state index contributed by atoms with van der Waals surface area (Å²) in [4.78, 5) is 14.3. The molecule has 1 heterocycles. The third-order valence-corrected chi connectivity index (χ3v) is 3.90. The minimum Gasteiger partial charge on any atom is -0.289 e. The second-order valence-electron chi connectivity index (χ2n) is 4.00. The Labute approximate surface area is 116 Å². The van der Waals surface area contributed by atoms with E-state index in [1.54, 1.807) is 11.0 Å². The molecule has 0 radical (unpaired) electrons. The fraction of sp³-hybridized carbons (Fsp3) is 0.143. The molecule has 0 atom stereocenters. The van der Waals surface area contributed by atoms with Crippen LogP contribution in [0.25, 0.3) is 6.08 Å². The zero-order chi connectivity index (χ0) is 13.1. The van der Waals surface area contributed by atoms with Crippen LogP contribution >= 0.6 is 24.0 Å². The summed E-state index contributed by atoms with van der Waals surface area (Å²) in [6.07, 6.45) is 3.57. The number of nitrogens with zero attached hydrogens (tertiary/aromatic N) is 1. The van der Waals surface area contributed by atoms with Crippen LogP contribution in [0.5, 0.6) is 0 Å². The van der Waals surface area contributed by atoms with Crippen LogP contribution in [-0.2, 0) is 4.79 Å². The van der Waals surface area contributed by atoms with Crippen molar-refractivity contribution in [2.45, 2.75) is 6.92 Å². The number of aryl methyl sites for hydroxylation is 1. The van der Waals surface area contributed by atoms with Crippen molar-refractivity contribution in [1.29, 1.82) is 0 Å². The highest BCUT2D eigenvalue weighted by Crippen LogP contribution is 2.32. The lowest BCUT2D eigenvalue weighted by molar-refractivity contribution is -0.121. The molecule has 1 aromatic rings. The first-order valence-electron chi connectivity index (χ1n) is 5.55. The molecule has 0 saturated carbocycles. The SMILES string of the molecule is C=CCN1C(=O)/C(=C\c2cccc(C)c2)SC1=S. The van der Waals surface area contributed by atoms with Crippen LogP contribution in [0.4, 0.5) is 0 Å². The maximum atomic E-state index is 12.1. The Balaban J connectivity index is 2.27. The fourth-order valence-electron chi connectivity index (χ4n) is 1.70. The average molecular weight is 275 g/mol. The number of carbonyl (C=O) groups is 1. The van der Waals surface area contributed by atoms with Crippen LogP contribution in [0.15, 0.2) is 41.8 Å². The van der Waals surface area contributed by atoms with Gasteiger partial charge in [-0.25, -0.2) is 0 Å². The molecular formula is C14H13NOS2. The lowest BCUT2D eigenvalue weighted by Crippen LogP contribution is -2.27. The van der Waals surface area contributed by atoms with Gasteiger partial charge in [-0.05, 0) is 18.6 Å². The number of rotatable bonds is 3. The van der Waals surface area contributed by atoms with Crippen molar-refractivity contribution in [2.24, 2.45) is 0 Å². The third kappa shape index (κ3) is 2.71. The van der Waals surface area contributed by atoms with Gasteiger partial charge in [-0.3, -0.25) is 9.69 Å². The fourth-order valence-corrected chi connectivity index (χ4v) is 2.97. The van der Waals surface area contributed by atoms with Crippen LogP contribution in [0.1, 0.15) is 11.1 Å². The number of thiocarbonyl (C=S) groups is 1. The number of thioether (sulfide) groups is 1. The van der Waals surface area contributed by atoms with Crippen molar-refractivity contribution in [1.82, 2.24) is 4.90 Å². The molecule has 0 bridgehead atoms. The summed E-state index contributed by atoms with van der Waals surface area (Å²) in [7, 11) is 0. The van der Waals surface area contributed by atoms with E-state index < -0.39 is 0 Å². The van der Waals surface area contributed by atoms with Gasteiger partial charge in [0.2, 0.25) is 0 Å². The van der Waals surface area contributed by atoms with Crippen molar-refractivity contribution < 1.29 is 4.79 Å². The van der Waals surface area contributed by atoms with Gasteiger partial charge in [-0.2, -0.15) is 0 Å². The standard InChI is InChI=1S/C14H13NOS2/c1-3-7-15-13(16)12(18-14(15)17)9-11-6-4-5-10(2)8-11/h3-6,8-9H,1,7H2,2H3/b12-9+. The summed E-state index contributed by atoms with van der Waals surface area (Å²) >= 11 is 6.53. The van der Waals surface area contributed by atoms with E-state index in [4.69, 9.17) is 12.2 Å². The Morgan fingerprint density at radius 3 is 2.94 bits per heavy atom. The molecule has 1 saturated heterocycles. The van der Waals surface area contributed by atoms with Gasteiger partial charge in [0.1, 0.15) is 4.32 Å². The molecule has 0 aliphatic carbocycles. The first-order chi connectivity index (χ1) is 8.61. The molecule has 0 spiro atoms. The largest absolute Gasteiger partial charge is 0.289 e. The molecule has 2 rings (SSSR count). The summed E-state index contributed by atoms with van der Waals surface area (Å²) in [5, 5.41) is 0. The molecule has 92 valence electrons. The van der Waals surface area contributed by atoms with E-state index in [9.17, 15) is 4.79 Å². The molecule has 18 heavy (non-hydrogen) atoms. The van der Waals surface area contributed by atoms with E-state index in [1.807, 2.05) is 37.3 Å². The Bertz CT molecular complexity index is 548. The van der Waals surface area contributed by atoms with Crippen LogP contribution in [0.3, 0.4) is 0 Å². The van der Waals surface area contributed by atoms with Gasteiger partial charge in [-0.1, -0.05) is 59.9 Å². The van der Waals surface area contributed by atoms with E-state index in [0.29, 0.717) is 15.8 Å². The highest BCUT2D eigenvalue weighted by atomic mass is 32.2. The Hall–Kier alpha value is -1.39. The Kier molecular flexibility index (Phi) is 3.99. The van der Waals surface area contributed by atoms with E-state index in [2.05, 4.69) is 6.58 Å². The molecule has 1 amide bonds. The van der Waals surface area contributed by atoms with E-state index in [1.165, 1.54) is 17.3 Å². The number of hydrogen-bond acceptors (Lipinski definition) is 3. The van der Waals surface area contributed by atoms with E-state index >= 15 is 0 Å². The van der Waals surface area contributed by atoms with E-state index in [0.717, 1.165) is 5.56 Å². The third-order valence-electron chi connectivity index (χ3n) is 2.53. The van der Waals surface area contributed by atoms with Crippen molar-refractivity contribution in [3.05, 3.63) is 53.0 Å². The zero-order valence-electron chi connectivity index (χ0n) is 10.1. The lowest BCUT2D eigenvalue weighted by Gasteiger charge is -2.10. The van der Waals surface area contributed by atoms with Crippen molar-refractivity contribution in [3.63, 3.8) is 0 Å². The Morgan fingerprint density at radius 1 is 1.50 bits per heavy atom. The summed E-state index contributed by atoms with van der Waals surface area (Å²) < 4.78 is 0.596. The zero-order valence-corrected chi connectivity index (χ0v) is 11.7. The van der Waals surface area contributed by atoms with Gasteiger partial charge in [0, 0.05) is 6.54 Å². The highest BCUT2D eigenvalue weighted by Gasteiger charge is 2.30. The van der Waals surface area contributed by atoms with Gasteiger partial charge < -0.3 is 0 Å². The minimum atomic E-state index is -0.0357. The molecule has 1 fully saturated rings. The predicted molar refractivity (Wildman–Crippen MR) is 81.3 cm³/mol. The number of carbonyl (C=O) groups excluding carboxylic acids is 1. The second-order valence-corrected chi connectivity index (χ2v) is 5.67. The average Bonchev–Trinajstić information content (AvgIpc) is 2.57. The predicted octanol–water partition coefficient (Wildman–Crippen LogP) is 3.38. The first kappa shape index (κ1) is 13.1. The number of hydrogen-bond donors (Lipinski definition) is 0. The molecule has 1 aromatic carbocycles. The van der Waals surface area contributed by atoms with Gasteiger partial charge >= 0.3 is 0 Å². The summed E-state index contributed by atoms with van der Waals surface area (Å²) in [5.41, 5.74) is 2.19. The number of benzene rings is 1. The normalized spacial score (nSPS) is 17.6. The van der Waals surface area contributed by atoms with Crippen molar-refractivity contribution in [3.8, 4) is 0 Å². The smallest absolute Gasteiger partial charge is 0.266 e. The van der Waals surface area contributed by atoms with Gasteiger partial charge in [0.15, 0.2) is 0 Å². The summed E-state index contributed by atoms with van der Waals surface area (Å²) in [6, 6.07) is 8.03. The molecule has 0 unspecified atom stereocenters. The van der Waals surface area contributed by atoms with Gasteiger partial charge in [-0.15, -0.1) is 6.58 Å². The van der Waals surface area contributed by atoms with Gasteiger partial charge in [0.25, 0.3) is 5.91 Å².